The lowest BCUT2D eigenvalue weighted by Crippen LogP contribution is -2.19. The van der Waals surface area contributed by atoms with Gasteiger partial charge in [0.05, 0.1) is 19.1 Å². The monoisotopic (exact) mass is 389 g/mol. The molecular weight excluding hydrogens is 365 g/mol. The highest BCUT2D eigenvalue weighted by molar-refractivity contribution is 8.04. The zero-order chi connectivity index (χ0) is 19.4. The number of nitrogens with zero attached hydrogens (tertiary/aromatic N) is 1. The van der Waals surface area contributed by atoms with Gasteiger partial charge in [-0.1, -0.05) is 30.3 Å². The Morgan fingerprint density at radius 2 is 2.04 bits per heavy atom. The second kappa shape index (κ2) is 8.05. The molecule has 1 saturated carbocycles. The summed E-state index contributed by atoms with van der Waals surface area (Å²) in [4.78, 5) is 11.7. The molecule has 1 aliphatic carbocycles. The molecule has 1 fully saturated rings. The first kappa shape index (κ1) is 19.3. The van der Waals surface area contributed by atoms with Crippen molar-refractivity contribution in [2.24, 2.45) is 4.36 Å². The van der Waals surface area contributed by atoms with Gasteiger partial charge >= 0.3 is 5.97 Å². The summed E-state index contributed by atoms with van der Waals surface area (Å²) in [7, 11) is -0.376. The van der Waals surface area contributed by atoms with Crippen LogP contribution >= 0.6 is 0 Å². The van der Waals surface area contributed by atoms with Crippen LogP contribution in [0, 0.1) is 5.82 Å². The zero-order valence-corrected chi connectivity index (χ0v) is 16.3. The lowest BCUT2D eigenvalue weighted by Gasteiger charge is -2.26. The molecule has 0 unspecified atom stereocenters. The lowest BCUT2D eigenvalue weighted by molar-refractivity contribution is -0.130. The smallest absolute Gasteiger partial charge is 0.339 e. The largest absolute Gasteiger partial charge is 0.503 e. The maximum absolute atomic E-state index is 13.6. The predicted molar refractivity (Wildman–Crippen MR) is 109 cm³/mol. The third kappa shape index (κ3) is 4.63. The van der Waals surface area contributed by atoms with Gasteiger partial charge in [-0.15, -0.1) is 0 Å². The number of halogens is 1. The van der Waals surface area contributed by atoms with E-state index in [0.717, 1.165) is 18.4 Å². The van der Waals surface area contributed by atoms with Gasteiger partial charge in [-0.3, -0.25) is 0 Å². The summed E-state index contributed by atoms with van der Waals surface area (Å²) >= 11 is 0. The molecule has 1 N–H and O–H groups in total. The number of benzene rings is 2. The summed E-state index contributed by atoms with van der Waals surface area (Å²) in [6.45, 7) is 0. The molecule has 0 saturated heterocycles. The Hall–Kier alpha value is -2.47. The molecule has 6 heteroatoms. The summed E-state index contributed by atoms with van der Waals surface area (Å²) < 4.78 is 23.5. The maximum Gasteiger partial charge on any atom is 0.339 e. The Morgan fingerprint density at radius 1 is 1.30 bits per heavy atom. The van der Waals surface area contributed by atoms with Gasteiger partial charge in [0.2, 0.25) is 0 Å². The van der Waals surface area contributed by atoms with Gasteiger partial charge in [0.25, 0.3) is 0 Å². The van der Waals surface area contributed by atoms with Gasteiger partial charge < -0.3 is 9.84 Å². The van der Waals surface area contributed by atoms with Crippen LogP contribution in [0.2, 0.25) is 0 Å². The van der Waals surface area contributed by atoms with Crippen molar-refractivity contribution in [1.29, 1.82) is 0 Å². The van der Waals surface area contributed by atoms with E-state index >= 15 is 0 Å². The number of ether oxygens (including phenoxy) is 1. The minimum absolute atomic E-state index is 0.126. The van der Waals surface area contributed by atoms with Crippen LogP contribution in [0.1, 0.15) is 24.0 Å². The Morgan fingerprint density at radius 3 is 2.67 bits per heavy atom. The van der Waals surface area contributed by atoms with Crippen LogP contribution in [-0.2, 0) is 25.1 Å². The quantitative estimate of drug-likeness (QED) is 0.414. The summed E-state index contributed by atoms with van der Waals surface area (Å²) in [5.41, 5.74) is 2.36. The standard InChI is InChI=1S/C21H24FNO3S/c1-26-13-20(21(24)25)19-9-4-3-6-15(19)14-27(2,18-10-11-18)23-17-8-5-7-16(22)12-17/h3-9,12-13,18,27H,10-11,14H2,1-2H3,(H,24,25). The average Bonchev–Trinajstić information content (AvgIpc) is 3.46. The lowest BCUT2D eigenvalue weighted by atomic mass is 10.0. The minimum atomic E-state index is -1.81. The Labute approximate surface area is 159 Å². The van der Waals surface area contributed by atoms with E-state index in [4.69, 9.17) is 9.10 Å². The summed E-state index contributed by atoms with van der Waals surface area (Å²) in [6.07, 6.45) is 5.67. The second-order valence-electron chi connectivity index (χ2n) is 6.91. The molecular formula is C21H24FNO3S. The van der Waals surface area contributed by atoms with Crippen molar-refractivity contribution >= 4 is 27.1 Å². The van der Waals surface area contributed by atoms with Gasteiger partial charge in [0, 0.05) is 11.8 Å². The number of hydrogen-bond acceptors (Lipinski definition) is 3. The molecule has 3 rings (SSSR count). The number of rotatable bonds is 7. The molecule has 0 spiro atoms. The number of thiol groups is 1. The first-order valence-corrected chi connectivity index (χ1v) is 11.3. The predicted octanol–water partition coefficient (Wildman–Crippen LogP) is 4.59. The fraction of sp³-hybridized carbons (Fsp3) is 0.286. The zero-order valence-electron chi connectivity index (χ0n) is 15.4. The van der Waals surface area contributed by atoms with Crippen molar-refractivity contribution in [2.45, 2.75) is 23.8 Å². The van der Waals surface area contributed by atoms with E-state index in [9.17, 15) is 14.3 Å². The van der Waals surface area contributed by atoms with Crippen LogP contribution in [0.5, 0.6) is 0 Å². The Balaban J connectivity index is 2.04. The van der Waals surface area contributed by atoms with Gasteiger partial charge in [-0.05, 0) is 47.6 Å². The highest BCUT2D eigenvalue weighted by atomic mass is 32.2. The minimum Gasteiger partial charge on any atom is -0.503 e. The molecule has 0 radical (unpaired) electrons. The van der Waals surface area contributed by atoms with E-state index < -0.39 is 15.8 Å². The van der Waals surface area contributed by atoms with E-state index in [0.29, 0.717) is 22.3 Å². The summed E-state index contributed by atoms with van der Waals surface area (Å²) in [5.74, 6) is -0.647. The molecule has 1 aliphatic rings. The first-order chi connectivity index (χ1) is 12.9. The van der Waals surface area contributed by atoms with Crippen molar-refractivity contribution in [3.8, 4) is 0 Å². The van der Waals surface area contributed by atoms with Crippen LogP contribution < -0.4 is 0 Å². The molecule has 144 valence electrons. The molecule has 4 nitrogen and oxygen atoms in total. The number of carboxylic acids is 1. The van der Waals surface area contributed by atoms with E-state index in [1.54, 1.807) is 12.1 Å². The number of carboxylic acid groups (broad SMARTS) is 1. The van der Waals surface area contributed by atoms with Crippen molar-refractivity contribution in [3.63, 3.8) is 0 Å². The highest BCUT2D eigenvalue weighted by Gasteiger charge is 2.32. The SMILES string of the molecule is COC=C(C(=O)O)c1ccccc1C[SH](C)(=Nc1cccc(F)c1)C1CC1. The molecule has 0 aliphatic heterocycles. The van der Waals surface area contributed by atoms with Crippen LogP contribution in [-0.4, -0.2) is 29.7 Å². The number of methoxy groups -OCH3 is 1. The molecule has 2 aromatic carbocycles. The van der Waals surface area contributed by atoms with Gasteiger partial charge in [0.15, 0.2) is 0 Å². The normalized spacial score (nSPS) is 15.3. The van der Waals surface area contributed by atoms with Crippen molar-refractivity contribution < 1.29 is 19.0 Å². The average molecular weight is 389 g/mol. The summed E-state index contributed by atoms with van der Waals surface area (Å²) in [5, 5.41) is 10.1. The van der Waals surface area contributed by atoms with Gasteiger partial charge in [-0.25, -0.2) is 13.5 Å². The Kier molecular flexibility index (Phi) is 5.75. The van der Waals surface area contributed by atoms with E-state index in [1.165, 1.54) is 25.5 Å². The molecule has 0 heterocycles. The van der Waals surface area contributed by atoms with Crippen LogP contribution in [0.3, 0.4) is 0 Å². The topological polar surface area (TPSA) is 58.9 Å². The highest BCUT2D eigenvalue weighted by Crippen LogP contribution is 2.40. The number of carbonyl (C=O) groups is 1. The Bertz CT molecular complexity index is 935. The first-order valence-electron chi connectivity index (χ1n) is 8.81. The van der Waals surface area contributed by atoms with Crippen LogP contribution in [0.4, 0.5) is 10.1 Å². The maximum atomic E-state index is 13.6. The summed E-state index contributed by atoms with van der Waals surface area (Å²) in [6, 6.07) is 13.8. The van der Waals surface area contributed by atoms with E-state index in [2.05, 4.69) is 6.26 Å². The van der Waals surface area contributed by atoms with E-state index in [-0.39, 0.29) is 11.4 Å². The van der Waals surface area contributed by atoms with Crippen molar-refractivity contribution in [2.75, 3.05) is 13.4 Å². The molecule has 0 bridgehead atoms. The number of aliphatic carboxylic acids is 1. The molecule has 2 aromatic rings. The second-order valence-corrected chi connectivity index (χ2v) is 10.6. The van der Waals surface area contributed by atoms with E-state index in [1.807, 2.05) is 24.3 Å². The fourth-order valence-corrected chi connectivity index (χ4v) is 6.66. The van der Waals surface area contributed by atoms with Crippen molar-refractivity contribution in [3.05, 3.63) is 71.7 Å². The van der Waals surface area contributed by atoms with Gasteiger partial charge in [-0.2, -0.15) is 9.82 Å². The van der Waals surface area contributed by atoms with Crippen LogP contribution in [0.25, 0.3) is 5.57 Å². The molecule has 0 amide bonds. The molecule has 27 heavy (non-hydrogen) atoms. The molecule has 0 atom stereocenters. The third-order valence-corrected chi connectivity index (χ3v) is 8.51. The third-order valence-electron chi connectivity index (χ3n) is 4.75. The van der Waals surface area contributed by atoms with Crippen molar-refractivity contribution in [1.82, 2.24) is 0 Å². The molecule has 0 aromatic heterocycles. The number of hydrogen-bond donors (Lipinski definition) is 2. The van der Waals surface area contributed by atoms with Crippen LogP contribution in [0.15, 0.2) is 59.2 Å². The van der Waals surface area contributed by atoms with Gasteiger partial charge in [0.1, 0.15) is 11.4 Å². The fourth-order valence-electron chi connectivity index (χ4n) is 3.29.